The molecule has 0 saturated carbocycles. The maximum atomic E-state index is 3.86. The molecule has 0 fully saturated rings. The molecular formula is C20H21NS. The summed E-state index contributed by atoms with van der Waals surface area (Å²) in [7, 11) is 0. The van der Waals surface area contributed by atoms with Crippen molar-refractivity contribution < 1.29 is 0 Å². The average molecular weight is 307 g/mol. The van der Waals surface area contributed by atoms with Crippen LogP contribution >= 0.6 is 11.9 Å². The molecule has 112 valence electrons. The predicted molar refractivity (Wildman–Crippen MR) is 96.7 cm³/mol. The van der Waals surface area contributed by atoms with Crippen LogP contribution in [0.2, 0.25) is 0 Å². The van der Waals surface area contributed by atoms with Crippen molar-refractivity contribution in [1.82, 2.24) is 4.31 Å². The molecule has 0 amide bonds. The molecule has 0 aromatic heterocycles. The molecule has 0 saturated heterocycles. The first-order valence-electron chi connectivity index (χ1n) is 7.69. The molecule has 0 N–H and O–H groups in total. The van der Waals surface area contributed by atoms with Crippen LogP contribution in [0.5, 0.6) is 0 Å². The van der Waals surface area contributed by atoms with E-state index in [0.29, 0.717) is 0 Å². The van der Waals surface area contributed by atoms with Crippen LogP contribution < -0.4 is 0 Å². The number of allylic oxidation sites excluding steroid dienone is 3. The third-order valence-electron chi connectivity index (χ3n) is 4.05. The van der Waals surface area contributed by atoms with E-state index in [2.05, 4.69) is 65.5 Å². The third-order valence-corrected chi connectivity index (χ3v) is 5.10. The van der Waals surface area contributed by atoms with E-state index >= 15 is 0 Å². The zero-order chi connectivity index (χ0) is 15.4. The van der Waals surface area contributed by atoms with Gasteiger partial charge in [-0.25, -0.2) is 4.31 Å². The molecule has 3 rings (SSSR count). The average Bonchev–Trinajstić information content (AvgIpc) is 2.57. The van der Waals surface area contributed by atoms with Crippen molar-refractivity contribution in [2.75, 3.05) is 6.54 Å². The molecule has 0 atom stereocenters. The molecule has 2 aromatic rings. The number of fused-ring (bicyclic) bond motifs is 1. The van der Waals surface area contributed by atoms with Gasteiger partial charge in [0, 0.05) is 18.0 Å². The standard InChI is InChI=1S/C20H21NS/c1-3-16(4-2)18-9-11-20(12-10-18)22-21-14-13-17-7-5-6-8-19(17)15-21/h3-12H,1,13-15H2,2H3/b16-4+. The molecular weight excluding hydrogens is 286 g/mol. The zero-order valence-electron chi connectivity index (χ0n) is 13.0. The van der Waals surface area contributed by atoms with E-state index in [9.17, 15) is 0 Å². The molecule has 1 aliphatic heterocycles. The van der Waals surface area contributed by atoms with Gasteiger partial charge < -0.3 is 0 Å². The lowest BCUT2D eigenvalue weighted by atomic mass is 10.0. The van der Waals surface area contributed by atoms with Gasteiger partial charge in [0.25, 0.3) is 0 Å². The summed E-state index contributed by atoms with van der Waals surface area (Å²) < 4.78 is 2.45. The lowest BCUT2D eigenvalue weighted by molar-refractivity contribution is 0.444. The van der Waals surface area contributed by atoms with Crippen LogP contribution in [0.3, 0.4) is 0 Å². The van der Waals surface area contributed by atoms with Gasteiger partial charge in [-0.1, -0.05) is 55.1 Å². The molecule has 22 heavy (non-hydrogen) atoms. The molecule has 2 aromatic carbocycles. The number of nitrogens with zero attached hydrogens (tertiary/aromatic N) is 1. The second kappa shape index (κ2) is 6.99. The minimum atomic E-state index is 1.02. The summed E-state index contributed by atoms with van der Waals surface area (Å²) in [5.41, 5.74) is 5.37. The maximum absolute atomic E-state index is 3.86. The van der Waals surface area contributed by atoms with Crippen LogP contribution in [0.1, 0.15) is 23.6 Å². The summed E-state index contributed by atoms with van der Waals surface area (Å²) in [6.07, 6.45) is 5.14. The molecule has 1 aliphatic rings. The molecule has 0 radical (unpaired) electrons. The topological polar surface area (TPSA) is 3.24 Å². The van der Waals surface area contributed by atoms with Gasteiger partial charge in [0.05, 0.1) is 0 Å². The van der Waals surface area contributed by atoms with Crippen LogP contribution in [-0.4, -0.2) is 10.8 Å². The van der Waals surface area contributed by atoms with Crippen LogP contribution in [0, 0.1) is 0 Å². The lowest BCUT2D eigenvalue weighted by Crippen LogP contribution is -2.24. The Kier molecular flexibility index (Phi) is 4.81. The Morgan fingerprint density at radius 3 is 2.50 bits per heavy atom. The van der Waals surface area contributed by atoms with Gasteiger partial charge in [0.1, 0.15) is 0 Å². The number of hydrogen-bond donors (Lipinski definition) is 0. The Balaban J connectivity index is 1.68. The largest absolute Gasteiger partial charge is 0.242 e. The second-order valence-electron chi connectivity index (χ2n) is 5.45. The molecule has 0 unspecified atom stereocenters. The zero-order valence-corrected chi connectivity index (χ0v) is 13.8. The Bertz CT molecular complexity index is 685. The highest BCUT2D eigenvalue weighted by molar-refractivity contribution is 7.97. The van der Waals surface area contributed by atoms with Gasteiger partial charge in [0.2, 0.25) is 0 Å². The van der Waals surface area contributed by atoms with Crippen molar-refractivity contribution in [2.24, 2.45) is 0 Å². The van der Waals surface area contributed by atoms with E-state index in [0.717, 1.165) is 19.5 Å². The molecule has 1 nitrogen and oxygen atoms in total. The molecule has 2 heteroatoms. The molecule has 0 aliphatic carbocycles. The lowest BCUT2D eigenvalue weighted by Gasteiger charge is -2.27. The number of benzene rings is 2. The number of rotatable bonds is 4. The fraction of sp³-hybridized carbons (Fsp3) is 0.200. The molecule has 1 heterocycles. The summed E-state index contributed by atoms with van der Waals surface area (Å²) >= 11 is 1.85. The first-order valence-corrected chi connectivity index (χ1v) is 8.46. The SMILES string of the molecule is C=C/C(=C\C)c1ccc(SN2CCc3ccccc3C2)cc1. The van der Waals surface area contributed by atoms with E-state index < -0.39 is 0 Å². The van der Waals surface area contributed by atoms with E-state index in [1.54, 1.807) is 0 Å². The highest BCUT2D eigenvalue weighted by Gasteiger charge is 2.16. The highest BCUT2D eigenvalue weighted by atomic mass is 32.2. The first kappa shape index (κ1) is 15.1. The maximum Gasteiger partial charge on any atom is 0.0346 e. The van der Waals surface area contributed by atoms with E-state index in [1.165, 1.54) is 27.2 Å². The summed E-state index contributed by atoms with van der Waals surface area (Å²) in [6.45, 7) is 8.04. The fourth-order valence-electron chi connectivity index (χ4n) is 2.81. The summed E-state index contributed by atoms with van der Waals surface area (Å²) in [6, 6.07) is 17.5. The smallest absolute Gasteiger partial charge is 0.0346 e. The van der Waals surface area contributed by atoms with Crippen LogP contribution in [0.25, 0.3) is 5.57 Å². The summed E-state index contributed by atoms with van der Waals surface area (Å²) in [5.74, 6) is 0. The molecule has 0 spiro atoms. The first-order chi connectivity index (χ1) is 10.8. The fourth-order valence-corrected chi connectivity index (χ4v) is 3.75. The van der Waals surface area contributed by atoms with Crippen LogP contribution in [0.4, 0.5) is 0 Å². The Morgan fingerprint density at radius 2 is 1.82 bits per heavy atom. The normalized spacial score (nSPS) is 15.4. The van der Waals surface area contributed by atoms with Crippen LogP contribution in [-0.2, 0) is 13.0 Å². The van der Waals surface area contributed by atoms with Gasteiger partial charge >= 0.3 is 0 Å². The van der Waals surface area contributed by atoms with Gasteiger partial charge in [-0.05, 0) is 59.7 Å². The highest BCUT2D eigenvalue weighted by Crippen LogP contribution is 2.30. The van der Waals surface area contributed by atoms with E-state index in [1.807, 2.05) is 24.9 Å². The van der Waals surface area contributed by atoms with Gasteiger partial charge in [-0.15, -0.1) is 0 Å². The van der Waals surface area contributed by atoms with Crippen molar-refractivity contribution in [2.45, 2.75) is 24.8 Å². The predicted octanol–water partition coefficient (Wildman–Crippen LogP) is 5.34. The summed E-state index contributed by atoms with van der Waals surface area (Å²) in [4.78, 5) is 1.29. The van der Waals surface area contributed by atoms with E-state index in [-0.39, 0.29) is 0 Å². The monoisotopic (exact) mass is 307 g/mol. The minimum absolute atomic E-state index is 1.02. The van der Waals surface area contributed by atoms with Gasteiger partial charge in [-0.2, -0.15) is 0 Å². The number of hydrogen-bond acceptors (Lipinski definition) is 2. The third kappa shape index (κ3) is 3.34. The van der Waals surface area contributed by atoms with Gasteiger partial charge in [-0.3, -0.25) is 0 Å². The Morgan fingerprint density at radius 1 is 1.09 bits per heavy atom. The minimum Gasteiger partial charge on any atom is -0.242 e. The van der Waals surface area contributed by atoms with Crippen molar-refractivity contribution >= 4 is 17.5 Å². The van der Waals surface area contributed by atoms with Crippen molar-refractivity contribution in [1.29, 1.82) is 0 Å². The Hall–Kier alpha value is -1.77. The summed E-state index contributed by atoms with van der Waals surface area (Å²) in [5, 5.41) is 0. The quantitative estimate of drug-likeness (QED) is 0.554. The molecule has 0 bridgehead atoms. The van der Waals surface area contributed by atoms with Crippen molar-refractivity contribution in [3.63, 3.8) is 0 Å². The Labute approximate surface area is 137 Å². The second-order valence-corrected chi connectivity index (χ2v) is 6.62. The van der Waals surface area contributed by atoms with Crippen molar-refractivity contribution in [3.8, 4) is 0 Å². The van der Waals surface area contributed by atoms with Crippen molar-refractivity contribution in [3.05, 3.63) is 84.0 Å². The van der Waals surface area contributed by atoms with Gasteiger partial charge in [0.15, 0.2) is 0 Å². The van der Waals surface area contributed by atoms with Crippen LogP contribution in [0.15, 0.2) is 72.2 Å². The van der Waals surface area contributed by atoms with E-state index in [4.69, 9.17) is 0 Å².